The number of hydrogen-bond donors (Lipinski definition) is 1. The van der Waals surface area contributed by atoms with E-state index in [1.165, 1.54) is 11.8 Å². The van der Waals surface area contributed by atoms with Gasteiger partial charge < -0.3 is 14.7 Å². The third kappa shape index (κ3) is 2.65. The Hall–Kier alpha value is -1.76. The molecule has 0 unspecified atom stereocenters. The van der Waals surface area contributed by atoms with Crippen LogP contribution in [0.2, 0.25) is 0 Å². The summed E-state index contributed by atoms with van der Waals surface area (Å²) < 4.78 is 7.23. The van der Waals surface area contributed by atoms with Gasteiger partial charge in [-0.2, -0.15) is 0 Å². The zero-order valence-corrected chi connectivity index (χ0v) is 11.9. The smallest absolute Gasteiger partial charge is 0.230 e. The molecule has 1 amide bonds. The molecule has 0 aliphatic rings. The van der Waals surface area contributed by atoms with E-state index in [0.717, 1.165) is 17.1 Å². The standard InChI is InChI=1S/C12H16N4O2S/c1-4-16-11(9-5-6-18-7(9)2)14-15-12(16)19-8(3)10(13)17/h5-6,8H,4H2,1-3H3,(H2,13,17)/t8-/m1/s1. The average Bonchev–Trinajstić information content (AvgIpc) is 2.94. The number of thioether (sulfide) groups is 1. The molecule has 2 rings (SSSR count). The predicted octanol–water partition coefficient (Wildman–Crippen LogP) is 1.83. The summed E-state index contributed by atoms with van der Waals surface area (Å²) in [4.78, 5) is 11.1. The van der Waals surface area contributed by atoms with Gasteiger partial charge in [-0.25, -0.2) is 0 Å². The Balaban J connectivity index is 2.36. The number of rotatable bonds is 5. The first-order valence-corrected chi connectivity index (χ1v) is 6.86. The maximum absolute atomic E-state index is 11.1. The molecule has 0 radical (unpaired) electrons. The highest BCUT2D eigenvalue weighted by Gasteiger charge is 2.19. The van der Waals surface area contributed by atoms with Crippen LogP contribution in [0.4, 0.5) is 0 Å². The summed E-state index contributed by atoms with van der Waals surface area (Å²) in [5.41, 5.74) is 6.18. The van der Waals surface area contributed by atoms with Gasteiger partial charge >= 0.3 is 0 Å². The van der Waals surface area contributed by atoms with Crippen LogP contribution in [0.3, 0.4) is 0 Å². The number of nitrogens with zero attached hydrogens (tertiary/aromatic N) is 3. The Bertz CT molecular complexity index is 590. The molecule has 1 atom stereocenters. The quantitative estimate of drug-likeness (QED) is 0.844. The number of nitrogens with two attached hydrogens (primary N) is 1. The first-order valence-electron chi connectivity index (χ1n) is 5.98. The van der Waals surface area contributed by atoms with Crippen molar-refractivity contribution >= 4 is 17.7 Å². The van der Waals surface area contributed by atoms with E-state index in [-0.39, 0.29) is 11.2 Å². The van der Waals surface area contributed by atoms with Gasteiger partial charge in [0.05, 0.1) is 17.1 Å². The summed E-state index contributed by atoms with van der Waals surface area (Å²) in [6, 6.07) is 1.86. The van der Waals surface area contributed by atoms with Crippen molar-refractivity contribution in [1.29, 1.82) is 0 Å². The number of carbonyl (C=O) groups is 1. The highest BCUT2D eigenvalue weighted by Crippen LogP contribution is 2.28. The molecule has 102 valence electrons. The second-order valence-electron chi connectivity index (χ2n) is 4.10. The van der Waals surface area contributed by atoms with Crippen LogP contribution in [0, 0.1) is 6.92 Å². The van der Waals surface area contributed by atoms with Gasteiger partial charge in [-0.05, 0) is 26.8 Å². The van der Waals surface area contributed by atoms with E-state index in [1.807, 2.05) is 24.5 Å². The van der Waals surface area contributed by atoms with Crippen LogP contribution in [0.1, 0.15) is 19.6 Å². The monoisotopic (exact) mass is 280 g/mol. The topological polar surface area (TPSA) is 86.9 Å². The molecule has 0 saturated heterocycles. The fraction of sp³-hybridized carbons (Fsp3) is 0.417. The first-order chi connectivity index (χ1) is 9.04. The van der Waals surface area contributed by atoms with E-state index >= 15 is 0 Å². The van der Waals surface area contributed by atoms with Gasteiger partial charge in [0.1, 0.15) is 5.76 Å². The molecule has 0 aromatic carbocycles. The minimum Gasteiger partial charge on any atom is -0.469 e. The van der Waals surface area contributed by atoms with Gasteiger partial charge in [0, 0.05) is 6.54 Å². The third-order valence-corrected chi connectivity index (χ3v) is 3.91. The Kier molecular flexibility index (Phi) is 3.94. The molecule has 2 aromatic rings. The van der Waals surface area contributed by atoms with Crippen LogP contribution in [0.5, 0.6) is 0 Å². The molecule has 6 nitrogen and oxygen atoms in total. The molecule has 7 heteroatoms. The number of furan rings is 1. The second kappa shape index (κ2) is 5.48. The number of amides is 1. The summed E-state index contributed by atoms with van der Waals surface area (Å²) in [5.74, 6) is 1.17. The highest BCUT2D eigenvalue weighted by molar-refractivity contribution is 8.00. The molecule has 0 aliphatic heterocycles. The minimum atomic E-state index is -0.364. The Morgan fingerprint density at radius 3 is 2.84 bits per heavy atom. The lowest BCUT2D eigenvalue weighted by Gasteiger charge is -2.09. The fourth-order valence-electron chi connectivity index (χ4n) is 1.69. The van der Waals surface area contributed by atoms with Crippen LogP contribution in [0.15, 0.2) is 21.9 Å². The van der Waals surface area contributed by atoms with Gasteiger partial charge in [-0.3, -0.25) is 4.79 Å². The van der Waals surface area contributed by atoms with Crippen molar-refractivity contribution in [3.05, 3.63) is 18.1 Å². The van der Waals surface area contributed by atoms with Crippen LogP contribution in [-0.4, -0.2) is 25.9 Å². The second-order valence-corrected chi connectivity index (χ2v) is 5.41. The van der Waals surface area contributed by atoms with Gasteiger partial charge in [-0.1, -0.05) is 11.8 Å². The normalized spacial score (nSPS) is 12.6. The lowest BCUT2D eigenvalue weighted by atomic mass is 10.2. The number of aryl methyl sites for hydroxylation is 1. The van der Waals surface area contributed by atoms with Crippen LogP contribution in [0.25, 0.3) is 11.4 Å². The van der Waals surface area contributed by atoms with E-state index in [9.17, 15) is 4.79 Å². The van der Waals surface area contributed by atoms with Gasteiger partial charge in [0.15, 0.2) is 11.0 Å². The molecule has 0 fully saturated rings. The van der Waals surface area contributed by atoms with Crippen LogP contribution >= 0.6 is 11.8 Å². The SMILES string of the molecule is CCn1c(S[C@H](C)C(N)=O)nnc1-c1ccoc1C. The van der Waals surface area contributed by atoms with Crippen molar-refractivity contribution < 1.29 is 9.21 Å². The molecule has 0 bridgehead atoms. The predicted molar refractivity (Wildman–Crippen MR) is 72.6 cm³/mol. The Labute approximate surface area is 115 Å². The molecular weight excluding hydrogens is 264 g/mol. The van der Waals surface area contributed by atoms with E-state index in [2.05, 4.69) is 10.2 Å². The maximum Gasteiger partial charge on any atom is 0.230 e. The van der Waals surface area contributed by atoms with E-state index in [4.69, 9.17) is 10.2 Å². The van der Waals surface area contributed by atoms with Crippen molar-refractivity contribution in [2.75, 3.05) is 0 Å². The molecule has 0 aliphatic carbocycles. The number of aromatic nitrogens is 3. The third-order valence-electron chi connectivity index (χ3n) is 2.82. The zero-order chi connectivity index (χ0) is 14.0. The minimum absolute atomic E-state index is 0.340. The van der Waals surface area contributed by atoms with E-state index < -0.39 is 0 Å². The number of primary amides is 1. The molecule has 2 heterocycles. The lowest BCUT2D eigenvalue weighted by Crippen LogP contribution is -2.23. The van der Waals surface area contributed by atoms with Crippen molar-refractivity contribution in [3.63, 3.8) is 0 Å². The van der Waals surface area contributed by atoms with Crippen molar-refractivity contribution in [1.82, 2.24) is 14.8 Å². The summed E-state index contributed by atoms with van der Waals surface area (Å²) in [6.45, 7) is 6.34. The highest BCUT2D eigenvalue weighted by atomic mass is 32.2. The summed E-state index contributed by atoms with van der Waals surface area (Å²) in [7, 11) is 0. The van der Waals surface area contributed by atoms with Gasteiger partial charge in [0.2, 0.25) is 5.91 Å². The van der Waals surface area contributed by atoms with Crippen LogP contribution < -0.4 is 5.73 Å². The molecule has 0 saturated carbocycles. The van der Waals surface area contributed by atoms with E-state index in [0.29, 0.717) is 11.7 Å². The zero-order valence-electron chi connectivity index (χ0n) is 11.1. The van der Waals surface area contributed by atoms with E-state index in [1.54, 1.807) is 13.2 Å². The first kappa shape index (κ1) is 13.7. The van der Waals surface area contributed by atoms with Crippen molar-refractivity contribution in [3.8, 4) is 11.4 Å². The molecular formula is C12H16N4O2S. The molecule has 2 N–H and O–H groups in total. The molecule has 19 heavy (non-hydrogen) atoms. The van der Waals surface area contributed by atoms with Crippen molar-refractivity contribution in [2.45, 2.75) is 37.7 Å². The Morgan fingerprint density at radius 2 is 2.32 bits per heavy atom. The molecule has 0 spiro atoms. The summed E-state index contributed by atoms with van der Waals surface area (Å²) in [5, 5.41) is 8.66. The number of hydrogen-bond acceptors (Lipinski definition) is 5. The van der Waals surface area contributed by atoms with Crippen molar-refractivity contribution in [2.24, 2.45) is 5.73 Å². The molecule has 2 aromatic heterocycles. The average molecular weight is 280 g/mol. The number of carbonyl (C=O) groups excluding carboxylic acids is 1. The fourth-order valence-corrected chi connectivity index (χ4v) is 2.56. The summed E-state index contributed by atoms with van der Waals surface area (Å²) >= 11 is 1.31. The van der Waals surface area contributed by atoms with Gasteiger partial charge in [0.25, 0.3) is 0 Å². The summed E-state index contributed by atoms with van der Waals surface area (Å²) in [6.07, 6.45) is 1.62. The Morgan fingerprint density at radius 1 is 1.58 bits per heavy atom. The lowest BCUT2D eigenvalue weighted by molar-refractivity contribution is -0.117. The van der Waals surface area contributed by atoms with Crippen LogP contribution in [-0.2, 0) is 11.3 Å². The van der Waals surface area contributed by atoms with Gasteiger partial charge in [-0.15, -0.1) is 10.2 Å². The maximum atomic E-state index is 11.1. The largest absolute Gasteiger partial charge is 0.469 e.